The van der Waals surface area contributed by atoms with E-state index >= 15 is 0 Å². The highest BCUT2D eigenvalue weighted by Crippen LogP contribution is 2.16. The summed E-state index contributed by atoms with van der Waals surface area (Å²) in [6.45, 7) is 7.54. The summed E-state index contributed by atoms with van der Waals surface area (Å²) in [5.74, 6) is -0.148. The third-order valence-corrected chi connectivity index (χ3v) is 3.07. The van der Waals surface area contributed by atoms with Gasteiger partial charge < -0.3 is 5.32 Å². The van der Waals surface area contributed by atoms with Crippen molar-refractivity contribution in [2.45, 2.75) is 33.2 Å². The number of nitrogens with zero attached hydrogens (tertiary/aromatic N) is 1. The minimum absolute atomic E-state index is 0.0573. The highest BCUT2D eigenvalue weighted by molar-refractivity contribution is 5.94. The molecule has 0 heterocycles. The molecule has 3 nitrogen and oxygen atoms in total. The number of carbonyl (C=O) groups is 1. The second kappa shape index (κ2) is 5.01. The summed E-state index contributed by atoms with van der Waals surface area (Å²) < 4.78 is 0. The first-order valence-electron chi connectivity index (χ1n) is 5.69. The first-order valence-corrected chi connectivity index (χ1v) is 5.69. The Bertz CT molecular complexity index is 442. The normalized spacial score (nSPS) is 13.9. The molecule has 0 fully saturated rings. The Balaban J connectivity index is 2.86. The zero-order valence-corrected chi connectivity index (χ0v) is 10.7. The van der Waals surface area contributed by atoms with Gasteiger partial charge in [0.15, 0.2) is 0 Å². The van der Waals surface area contributed by atoms with E-state index in [9.17, 15) is 4.79 Å². The Labute approximate surface area is 102 Å². The van der Waals surface area contributed by atoms with Crippen molar-refractivity contribution in [3.05, 3.63) is 35.4 Å². The maximum atomic E-state index is 12.0. The summed E-state index contributed by atoms with van der Waals surface area (Å²) in [4.78, 5) is 12.0. The quantitative estimate of drug-likeness (QED) is 0.867. The van der Waals surface area contributed by atoms with Gasteiger partial charge in [-0.2, -0.15) is 5.26 Å². The van der Waals surface area contributed by atoms with Crippen LogP contribution >= 0.6 is 0 Å². The maximum Gasteiger partial charge on any atom is 0.252 e. The summed E-state index contributed by atoms with van der Waals surface area (Å²) >= 11 is 0. The SMILES string of the molecule is Cc1ccc(C(=O)NC(C)(C#N)C(C)C)cc1. The van der Waals surface area contributed by atoms with E-state index in [-0.39, 0.29) is 11.8 Å². The van der Waals surface area contributed by atoms with Gasteiger partial charge in [0.2, 0.25) is 0 Å². The summed E-state index contributed by atoms with van der Waals surface area (Å²) in [6.07, 6.45) is 0. The van der Waals surface area contributed by atoms with Gasteiger partial charge in [0.05, 0.1) is 6.07 Å². The minimum Gasteiger partial charge on any atom is -0.334 e. The van der Waals surface area contributed by atoms with Crippen molar-refractivity contribution in [3.8, 4) is 6.07 Å². The van der Waals surface area contributed by atoms with Crippen LogP contribution in [0, 0.1) is 24.2 Å². The van der Waals surface area contributed by atoms with Gasteiger partial charge in [-0.25, -0.2) is 0 Å². The molecule has 1 N–H and O–H groups in total. The van der Waals surface area contributed by atoms with Gasteiger partial charge in [-0.15, -0.1) is 0 Å². The molecule has 17 heavy (non-hydrogen) atoms. The topological polar surface area (TPSA) is 52.9 Å². The van der Waals surface area contributed by atoms with Crippen LogP contribution in [0.1, 0.15) is 36.7 Å². The summed E-state index contributed by atoms with van der Waals surface area (Å²) in [7, 11) is 0. The highest BCUT2D eigenvalue weighted by atomic mass is 16.1. The predicted octanol–water partition coefficient (Wildman–Crippen LogP) is 2.66. The number of hydrogen-bond donors (Lipinski definition) is 1. The molecular weight excluding hydrogens is 212 g/mol. The molecule has 3 heteroatoms. The molecule has 1 aromatic rings. The third-order valence-electron chi connectivity index (χ3n) is 3.07. The number of aryl methyl sites for hydroxylation is 1. The van der Waals surface area contributed by atoms with Crippen molar-refractivity contribution < 1.29 is 4.79 Å². The van der Waals surface area contributed by atoms with Crippen molar-refractivity contribution in [2.24, 2.45) is 5.92 Å². The first kappa shape index (κ1) is 13.2. The van der Waals surface area contributed by atoms with Crippen LogP contribution < -0.4 is 5.32 Å². The number of carbonyl (C=O) groups excluding carboxylic acids is 1. The molecular formula is C14H18N2O. The van der Waals surface area contributed by atoms with Gasteiger partial charge in [0.1, 0.15) is 5.54 Å². The van der Waals surface area contributed by atoms with Crippen molar-refractivity contribution >= 4 is 5.91 Å². The summed E-state index contributed by atoms with van der Waals surface area (Å²) in [6, 6.07) is 9.46. The maximum absolute atomic E-state index is 12.0. The second-order valence-corrected chi connectivity index (χ2v) is 4.79. The smallest absolute Gasteiger partial charge is 0.252 e. The lowest BCUT2D eigenvalue weighted by Crippen LogP contribution is -2.48. The Morgan fingerprint density at radius 2 is 1.88 bits per heavy atom. The number of hydrogen-bond acceptors (Lipinski definition) is 2. The van der Waals surface area contributed by atoms with Gasteiger partial charge in [-0.3, -0.25) is 4.79 Å². The molecule has 90 valence electrons. The molecule has 1 unspecified atom stereocenters. The first-order chi connectivity index (χ1) is 7.89. The molecule has 0 aliphatic heterocycles. The zero-order chi connectivity index (χ0) is 13.1. The number of amides is 1. The molecule has 0 radical (unpaired) electrons. The Hall–Kier alpha value is -1.82. The Kier molecular flexibility index (Phi) is 3.90. The third kappa shape index (κ3) is 3.07. The minimum atomic E-state index is -0.831. The molecule has 1 rings (SSSR count). The number of nitriles is 1. The molecule has 0 saturated heterocycles. The van der Waals surface area contributed by atoms with E-state index in [2.05, 4.69) is 11.4 Å². The number of rotatable bonds is 3. The lowest BCUT2D eigenvalue weighted by atomic mass is 9.89. The fourth-order valence-electron chi connectivity index (χ4n) is 1.31. The van der Waals surface area contributed by atoms with E-state index in [0.717, 1.165) is 5.56 Å². The molecule has 0 aliphatic rings. The summed E-state index contributed by atoms with van der Waals surface area (Å²) in [5.41, 5.74) is 0.855. The van der Waals surface area contributed by atoms with Crippen LogP contribution in [0.4, 0.5) is 0 Å². The van der Waals surface area contributed by atoms with Crippen molar-refractivity contribution in [3.63, 3.8) is 0 Å². The summed E-state index contributed by atoms with van der Waals surface area (Å²) in [5, 5.41) is 11.9. The zero-order valence-electron chi connectivity index (χ0n) is 10.7. The molecule has 0 aliphatic carbocycles. The van der Waals surface area contributed by atoms with E-state index < -0.39 is 5.54 Å². The molecule has 0 aromatic heterocycles. The largest absolute Gasteiger partial charge is 0.334 e. The van der Waals surface area contributed by atoms with Crippen LogP contribution in [-0.2, 0) is 0 Å². The second-order valence-electron chi connectivity index (χ2n) is 4.79. The fraction of sp³-hybridized carbons (Fsp3) is 0.429. The molecule has 1 amide bonds. The van der Waals surface area contributed by atoms with Gasteiger partial charge >= 0.3 is 0 Å². The Morgan fingerprint density at radius 1 is 1.35 bits per heavy atom. The van der Waals surface area contributed by atoms with Crippen LogP contribution in [0.5, 0.6) is 0 Å². The van der Waals surface area contributed by atoms with E-state index in [0.29, 0.717) is 5.56 Å². The monoisotopic (exact) mass is 230 g/mol. The number of nitrogens with one attached hydrogen (secondary N) is 1. The van der Waals surface area contributed by atoms with E-state index in [4.69, 9.17) is 5.26 Å². The molecule has 0 spiro atoms. The average Bonchev–Trinajstić information content (AvgIpc) is 2.29. The highest BCUT2D eigenvalue weighted by Gasteiger charge is 2.30. The van der Waals surface area contributed by atoms with Gasteiger partial charge in [0, 0.05) is 5.56 Å². The van der Waals surface area contributed by atoms with Crippen molar-refractivity contribution in [1.29, 1.82) is 5.26 Å². The van der Waals surface area contributed by atoms with Gasteiger partial charge in [-0.1, -0.05) is 31.5 Å². The van der Waals surface area contributed by atoms with Crippen LogP contribution in [-0.4, -0.2) is 11.4 Å². The van der Waals surface area contributed by atoms with Crippen molar-refractivity contribution in [2.75, 3.05) is 0 Å². The van der Waals surface area contributed by atoms with E-state index in [1.165, 1.54) is 0 Å². The van der Waals surface area contributed by atoms with Crippen molar-refractivity contribution in [1.82, 2.24) is 5.32 Å². The molecule has 0 saturated carbocycles. The number of benzene rings is 1. The predicted molar refractivity (Wildman–Crippen MR) is 67.5 cm³/mol. The Morgan fingerprint density at radius 3 is 2.29 bits per heavy atom. The van der Waals surface area contributed by atoms with E-state index in [1.54, 1.807) is 19.1 Å². The van der Waals surface area contributed by atoms with Crippen LogP contribution in [0.2, 0.25) is 0 Å². The van der Waals surface area contributed by atoms with E-state index in [1.807, 2.05) is 32.9 Å². The fourth-order valence-corrected chi connectivity index (χ4v) is 1.31. The average molecular weight is 230 g/mol. The molecule has 1 aromatic carbocycles. The van der Waals surface area contributed by atoms with Gasteiger partial charge in [0.25, 0.3) is 5.91 Å². The lowest BCUT2D eigenvalue weighted by molar-refractivity contribution is 0.0908. The van der Waals surface area contributed by atoms with Crippen LogP contribution in [0.25, 0.3) is 0 Å². The molecule has 1 atom stereocenters. The molecule has 0 bridgehead atoms. The lowest BCUT2D eigenvalue weighted by Gasteiger charge is -2.27. The standard InChI is InChI=1S/C14H18N2O/c1-10(2)14(4,9-15)16-13(17)12-7-5-11(3)6-8-12/h5-8,10H,1-4H3,(H,16,17). The van der Waals surface area contributed by atoms with Crippen LogP contribution in [0.15, 0.2) is 24.3 Å². The van der Waals surface area contributed by atoms with Crippen LogP contribution in [0.3, 0.4) is 0 Å². The van der Waals surface area contributed by atoms with Gasteiger partial charge in [-0.05, 0) is 31.9 Å².